The van der Waals surface area contributed by atoms with Gasteiger partial charge >= 0.3 is 0 Å². The largest absolute Gasteiger partial charge is 0.492 e. The predicted octanol–water partition coefficient (Wildman–Crippen LogP) is 1.97. The smallest absolute Gasteiger partial charge is 0.137 e. The lowest BCUT2D eigenvalue weighted by atomic mass is 10.2. The summed E-state index contributed by atoms with van der Waals surface area (Å²) in [5.41, 5.74) is 0.574. The molecule has 0 saturated heterocycles. The van der Waals surface area contributed by atoms with Crippen LogP contribution < -0.4 is 4.74 Å². The Balaban J connectivity index is 2.46. The molecule has 0 N–H and O–H groups in total. The van der Waals surface area contributed by atoms with Gasteiger partial charge in [-0.15, -0.1) is 0 Å². The molecule has 14 heavy (non-hydrogen) atoms. The van der Waals surface area contributed by atoms with Gasteiger partial charge in [0.2, 0.25) is 0 Å². The van der Waals surface area contributed by atoms with Crippen LogP contribution in [0, 0.1) is 11.3 Å². The SMILES string of the molecule is COCCCOc1ccccc1C#N. The molecule has 0 bridgehead atoms. The minimum absolute atomic E-state index is 0.574. The second-order valence-electron chi connectivity index (χ2n) is 2.80. The summed E-state index contributed by atoms with van der Waals surface area (Å²) >= 11 is 0. The maximum atomic E-state index is 8.77. The summed E-state index contributed by atoms with van der Waals surface area (Å²) in [5.74, 6) is 0.645. The third kappa shape index (κ3) is 3.08. The van der Waals surface area contributed by atoms with Crippen LogP contribution in [0.4, 0.5) is 0 Å². The van der Waals surface area contributed by atoms with E-state index in [1.54, 1.807) is 19.2 Å². The number of hydrogen-bond acceptors (Lipinski definition) is 3. The molecule has 0 aromatic heterocycles. The van der Waals surface area contributed by atoms with Gasteiger partial charge < -0.3 is 9.47 Å². The number of para-hydroxylation sites is 1. The van der Waals surface area contributed by atoms with E-state index in [0.29, 0.717) is 24.5 Å². The molecular formula is C11H13NO2. The van der Waals surface area contributed by atoms with Gasteiger partial charge in [0, 0.05) is 20.1 Å². The molecule has 1 aromatic rings. The third-order valence-corrected chi connectivity index (χ3v) is 1.76. The average Bonchev–Trinajstić information content (AvgIpc) is 2.25. The molecule has 0 aliphatic rings. The first-order valence-electron chi connectivity index (χ1n) is 4.49. The zero-order valence-corrected chi connectivity index (χ0v) is 8.19. The number of ether oxygens (including phenoxy) is 2. The number of benzene rings is 1. The Morgan fingerprint density at radius 3 is 2.79 bits per heavy atom. The van der Waals surface area contributed by atoms with Crippen molar-refractivity contribution in [1.29, 1.82) is 5.26 Å². The van der Waals surface area contributed by atoms with Crippen LogP contribution in [0.2, 0.25) is 0 Å². The van der Waals surface area contributed by atoms with E-state index in [0.717, 1.165) is 6.42 Å². The molecule has 1 rings (SSSR count). The predicted molar refractivity (Wildman–Crippen MR) is 53.1 cm³/mol. The molecule has 0 saturated carbocycles. The van der Waals surface area contributed by atoms with Crippen molar-refractivity contribution in [3.8, 4) is 11.8 Å². The summed E-state index contributed by atoms with van der Waals surface area (Å²) in [4.78, 5) is 0. The highest BCUT2D eigenvalue weighted by Crippen LogP contribution is 2.16. The number of methoxy groups -OCH3 is 1. The second-order valence-corrected chi connectivity index (χ2v) is 2.80. The third-order valence-electron chi connectivity index (χ3n) is 1.76. The molecule has 0 heterocycles. The molecule has 1 aromatic carbocycles. The van der Waals surface area contributed by atoms with Gasteiger partial charge in [-0.05, 0) is 12.1 Å². The van der Waals surface area contributed by atoms with E-state index in [4.69, 9.17) is 14.7 Å². The molecule has 0 unspecified atom stereocenters. The highest BCUT2D eigenvalue weighted by atomic mass is 16.5. The van der Waals surface area contributed by atoms with Crippen molar-refractivity contribution in [2.45, 2.75) is 6.42 Å². The second kappa shape index (κ2) is 6.01. The van der Waals surface area contributed by atoms with Gasteiger partial charge in [0.25, 0.3) is 0 Å². The molecular weight excluding hydrogens is 178 g/mol. The van der Waals surface area contributed by atoms with E-state index in [2.05, 4.69) is 6.07 Å². The fraction of sp³-hybridized carbons (Fsp3) is 0.364. The monoisotopic (exact) mass is 191 g/mol. The molecule has 0 aliphatic heterocycles. The van der Waals surface area contributed by atoms with E-state index in [1.807, 2.05) is 12.1 Å². The Hall–Kier alpha value is -1.53. The summed E-state index contributed by atoms with van der Waals surface area (Å²) in [6.45, 7) is 1.25. The fourth-order valence-corrected chi connectivity index (χ4v) is 1.07. The van der Waals surface area contributed by atoms with Crippen molar-refractivity contribution in [3.05, 3.63) is 29.8 Å². The number of nitrogens with zero attached hydrogens (tertiary/aromatic N) is 1. The maximum Gasteiger partial charge on any atom is 0.137 e. The molecule has 0 fully saturated rings. The molecule has 3 nitrogen and oxygen atoms in total. The summed E-state index contributed by atoms with van der Waals surface area (Å²) in [6.07, 6.45) is 0.830. The van der Waals surface area contributed by atoms with Crippen LogP contribution in [0.1, 0.15) is 12.0 Å². The minimum Gasteiger partial charge on any atom is -0.492 e. The normalized spacial score (nSPS) is 9.43. The molecule has 0 spiro atoms. The van der Waals surface area contributed by atoms with Crippen LogP contribution in [0.5, 0.6) is 5.75 Å². The highest BCUT2D eigenvalue weighted by molar-refractivity contribution is 5.42. The number of nitriles is 1. The van der Waals surface area contributed by atoms with Crippen LogP contribution in [-0.2, 0) is 4.74 Å². The Labute approximate surface area is 83.9 Å². The minimum atomic E-state index is 0.574. The van der Waals surface area contributed by atoms with Gasteiger partial charge in [-0.2, -0.15) is 5.26 Å². The lowest BCUT2D eigenvalue weighted by molar-refractivity contribution is 0.172. The van der Waals surface area contributed by atoms with Crippen molar-refractivity contribution in [2.75, 3.05) is 20.3 Å². The highest BCUT2D eigenvalue weighted by Gasteiger charge is 2.00. The molecule has 0 radical (unpaired) electrons. The average molecular weight is 191 g/mol. The number of rotatable bonds is 5. The number of hydrogen-bond donors (Lipinski definition) is 0. The van der Waals surface area contributed by atoms with Gasteiger partial charge in [0.15, 0.2) is 0 Å². The lowest BCUT2D eigenvalue weighted by Crippen LogP contribution is -2.02. The van der Waals surface area contributed by atoms with E-state index < -0.39 is 0 Å². The molecule has 3 heteroatoms. The zero-order valence-electron chi connectivity index (χ0n) is 8.19. The van der Waals surface area contributed by atoms with E-state index >= 15 is 0 Å². The van der Waals surface area contributed by atoms with Crippen LogP contribution in [0.3, 0.4) is 0 Å². The summed E-state index contributed by atoms with van der Waals surface area (Å²) < 4.78 is 10.3. The van der Waals surface area contributed by atoms with Crippen molar-refractivity contribution >= 4 is 0 Å². The van der Waals surface area contributed by atoms with E-state index in [9.17, 15) is 0 Å². The first-order valence-corrected chi connectivity index (χ1v) is 4.49. The Kier molecular flexibility index (Phi) is 4.53. The maximum absolute atomic E-state index is 8.77. The van der Waals surface area contributed by atoms with Gasteiger partial charge in [0.05, 0.1) is 12.2 Å². The molecule has 0 aliphatic carbocycles. The first-order chi connectivity index (χ1) is 6.88. The van der Waals surface area contributed by atoms with E-state index in [-0.39, 0.29) is 0 Å². The summed E-state index contributed by atoms with van der Waals surface area (Å²) in [7, 11) is 1.66. The molecule has 0 atom stereocenters. The Bertz CT molecular complexity index is 317. The van der Waals surface area contributed by atoms with Crippen molar-refractivity contribution in [2.24, 2.45) is 0 Å². The van der Waals surface area contributed by atoms with Crippen molar-refractivity contribution in [3.63, 3.8) is 0 Å². The Morgan fingerprint density at radius 1 is 1.29 bits per heavy atom. The van der Waals surface area contributed by atoms with Crippen molar-refractivity contribution in [1.82, 2.24) is 0 Å². The van der Waals surface area contributed by atoms with Gasteiger partial charge in [-0.25, -0.2) is 0 Å². The molecule has 74 valence electrons. The lowest BCUT2D eigenvalue weighted by Gasteiger charge is -2.06. The molecule has 0 amide bonds. The quantitative estimate of drug-likeness (QED) is 0.668. The zero-order chi connectivity index (χ0) is 10.2. The fourth-order valence-electron chi connectivity index (χ4n) is 1.07. The van der Waals surface area contributed by atoms with Gasteiger partial charge in [-0.1, -0.05) is 12.1 Å². The van der Waals surface area contributed by atoms with Crippen molar-refractivity contribution < 1.29 is 9.47 Å². The van der Waals surface area contributed by atoms with Gasteiger partial charge in [0.1, 0.15) is 11.8 Å². The Morgan fingerprint density at radius 2 is 2.07 bits per heavy atom. The van der Waals surface area contributed by atoms with Crippen LogP contribution in [-0.4, -0.2) is 20.3 Å². The summed E-state index contributed by atoms with van der Waals surface area (Å²) in [5, 5.41) is 8.77. The van der Waals surface area contributed by atoms with Crippen LogP contribution >= 0.6 is 0 Å². The standard InChI is InChI=1S/C11H13NO2/c1-13-7-4-8-14-11-6-3-2-5-10(11)9-12/h2-3,5-6H,4,7-8H2,1H3. The van der Waals surface area contributed by atoms with Crippen LogP contribution in [0.25, 0.3) is 0 Å². The van der Waals surface area contributed by atoms with Gasteiger partial charge in [-0.3, -0.25) is 0 Å². The first kappa shape index (κ1) is 10.6. The van der Waals surface area contributed by atoms with E-state index in [1.165, 1.54) is 0 Å². The topological polar surface area (TPSA) is 42.2 Å². The summed E-state index contributed by atoms with van der Waals surface area (Å²) in [6, 6.07) is 9.29. The van der Waals surface area contributed by atoms with Crippen LogP contribution in [0.15, 0.2) is 24.3 Å².